The Kier molecular flexibility index (Phi) is 6.05. The van der Waals surface area contributed by atoms with Crippen molar-refractivity contribution < 1.29 is 14.3 Å². The van der Waals surface area contributed by atoms with Crippen molar-refractivity contribution in [3.05, 3.63) is 53.8 Å². The van der Waals surface area contributed by atoms with Crippen molar-refractivity contribution in [1.29, 1.82) is 0 Å². The van der Waals surface area contributed by atoms with Crippen LogP contribution in [0.5, 0.6) is 0 Å². The SMILES string of the molecule is C=C(Nc1ccc(C(=O)OC(C)(C)CCOC)cc1)C1CCCC2=CC[C@@H]21. The normalized spacial score (nSPS) is 21.5. The van der Waals surface area contributed by atoms with Crippen molar-refractivity contribution in [3.63, 3.8) is 0 Å². The number of rotatable bonds is 8. The molecule has 1 unspecified atom stereocenters. The summed E-state index contributed by atoms with van der Waals surface area (Å²) in [5.41, 5.74) is 3.67. The van der Waals surface area contributed by atoms with E-state index >= 15 is 0 Å². The van der Waals surface area contributed by atoms with Crippen LogP contribution in [0, 0.1) is 11.8 Å². The van der Waals surface area contributed by atoms with Crippen LogP contribution in [-0.4, -0.2) is 25.3 Å². The number of anilines is 1. The summed E-state index contributed by atoms with van der Waals surface area (Å²) in [5, 5.41) is 3.45. The minimum absolute atomic E-state index is 0.307. The van der Waals surface area contributed by atoms with Gasteiger partial charge in [-0.2, -0.15) is 0 Å². The monoisotopic (exact) mass is 369 g/mol. The molecule has 0 heterocycles. The van der Waals surface area contributed by atoms with Gasteiger partial charge in [-0.05, 0) is 69.7 Å². The molecule has 2 aliphatic carbocycles. The fraction of sp³-hybridized carbons (Fsp3) is 0.522. The standard InChI is InChI=1S/C23H31NO3/c1-16(20-7-5-6-17-10-13-21(17)20)24-19-11-8-18(9-12-19)22(25)27-23(2,3)14-15-26-4/h8-12,20-21,24H,1,5-7,13-15H2,2-4H3/t20?,21-/m0/s1. The summed E-state index contributed by atoms with van der Waals surface area (Å²) in [6, 6.07) is 7.45. The number of allylic oxidation sites excluding steroid dienone is 3. The molecule has 2 atom stereocenters. The molecule has 4 heteroatoms. The Balaban J connectivity index is 1.56. The molecule has 4 nitrogen and oxygen atoms in total. The first-order chi connectivity index (χ1) is 12.9. The van der Waals surface area contributed by atoms with Gasteiger partial charge in [-0.15, -0.1) is 0 Å². The molecular formula is C23H31NO3. The number of carbonyl (C=O) groups is 1. The summed E-state index contributed by atoms with van der Waals surface area (Å²) in [5.74, 6) is 0.894. The predicted molar refractivity (Wildman–Crippen MR) is 109 cm³/mol. The Hall–Kier alpha value is -2.07. The van der Waals surface area contributed by atoms with E-state index in [0.717, 1.165) is 11.4 Å². The van der Waals surface area contributed by atoms with Crippen LogP contribution in [0.25, 0.3) is 0 Å². The lowest BCUT2D eigenvalue weighted by Crippen LogP contribution is -2.30. The lowest BCUT2D eigenvalue weighted by molar-refractivity contribution is -0.0138. The fourth-order valence-corrected chi connectivity index (χ4v) is 3.95. The third-order valence-corrected chi connectivity index (χ3v) is 5.73. The zero-order valence-corrected chi connectivity index (χ0v) is 16.7. The van der Waals surface area contributed by atoms with Crippen molar-refractivity contribution in [1.82, 2.24) is 0 Å². The van der Waals surface area contributed by atoms with Gasteiger partial charge in [-0.25, -0.2) is 4.79 Å². The van der Waals surface area contributed by atoms with E-state index in [0.29, 0.717) is 30.4 Å². The highest BCUT2D eigenvalue weighted by atomic mass is 16.6. The number of hydrogen-bond donors (Lipinski definition) is 1. The second-order valence-electron chi connectivity index (χ2n) is 8.24. The second kappa shape index (κ2) is 8.30. The number of ether oxygens (including phenoxy) is 2. The average molecular weight is 370 g/mol. The lowest BCUT2D eigenvalue weighted by Gasteiger charge is -2.40. The van der Waals surface area contributed by atoms with Crippen molar-refractivity contribution >= 4 is 11.7 Å². The van der Waals surface area contributed by atoms with Crippen LogP contribution in [0.2, 0.25) is 0 Å². The smallest absolute Gasteiger partial charge is 0.338 e. The van der Waals surface area contributed by atoms with E-state index in [-0.39, 0.29) is 5.97 Å². The Labute approximate surface area is 162 Å². The summed E-state index contributed by atoms with van der Waals surface area (Å²) in [6.07, 6.45) is 7.93. The molecule has 0 amide bonds. The van der Waals surface area contributed by atoms with Crippen molar-refractivity contribution in [2.45, 2.75) is 51.6 Å². The largest absolute Gasteiger partial charge is 0.456 e. The highest BCUT2D eigenvalue weighted by Crippen LogP contribution is 2.45. The maximum absolute atomic E-state index is 12.4. The van der Waals surface area contributed by atoms with Gasteiger partial charge in [0.2, 0.25) is 0 Å². The molecule has 1 fully saturated rings. The average Bonchev–Trinajstić information content (AvgIpc) is 2.61. The number of hydrogen-bond acceptors (Lipinski definition) is 4. The maximum atomic E-state index is 12.4. The molecule has 2 aliphatic rings. The number of esters is 1. The molecule has 0 aliphatic heterocycles. The van der Waals surface area contributed by atoms with Crippen molar-refractivity contribution in [3.8, 4) is 0 Å². The summed E-state index contributed by atoms with van der Waals surface area (Å²) in [6.45, 7) is 8.64. The third-order valence-electron chi connectivity index (χ3n) is 5.73. The minimum Gasteiger partial charge on any atom is -0.456 e. The summed E-state index contributed by atoms with van der Waals surface area (Å²) >= 11 is 0. The summed E-state index contributed by atoms with van der Waals surface area (Å²) in [7, 11) is 1.65. The highest BCUT2D eigenvalue weighted by molar-refractivity contribution is 5.90. The van der Waals surface area contributed by atoms with Crippen LogP contribution in [0.4, 0.5) is 5.69 Å². The maximum Gasteiger partial charge on any atom is 0.338 e. The second-order valence-corrected chi connectivity index (χ2v) is 8.24. The van der Waals surface area contributed by atoms with Gasteiger partial charge in [-0.3, -0.25) is 0 Å². The zero-order chi connectivity index (χ0) is 19.4. The van der Waals surface area contributed by atoms with Gasteiger partial charge in [0, 0.05) is 37.4 Å². The van der Waals surface area contributed by atoms with Gasteiger partial charge >= 0.3 is 5.97 Å². The first-order valence-corrected chi connectivity index (χ1v) is 9.87. The Morgan fingerprint density at radius 1 is 1.30 bits per heavy atom. The Bertz CT molecular complexity index is 718. The van der Waals surface area contributed by atoms with E-state index in [9.17, 15) is 4.79 Å². The van der Waals surface area contributed by atoms with E-state index in [1.54, 1.807) is 24.8 Å². The predicted octanol–water partition coefficient (Wildman–Crippen LogP) is 5.33. The lowest BCUT2D eigenvalue weighted by atomic mass is 9.67. The van der Waals surface area contributed by atoms with Crippen LogP contribution in [0.3, 0.4) is 0 Å². The number of carbonyl (C=O) groups excluding carboxylic acids is 1. The summed E-state index contributed by atoms with van der Waals surface area (Å²) in [4.78, 5) is 12.4. The van der Waals surface area contributed by atoms with Gasteiger partial charge in [0.1, 0.15) is 5.60 Å². The third kappa shape index (κ3) is 4.81. The molecule has 1 N–H and O–H groups in total. The molecule has 0 bridgehead atoms. The number of fused-ring (bicyclic) bond motifs is 1. The summed E-state index contributed by atoms with van der Waals surface area (Å²) < 4.78 is 10.7. The van der Waals surface area contributed by atoms with Gasteiger partial charge in [0.15, 0.2) is 0 Å². The topological polar surface area (TPSA) is 47.6 Å². The fourth-order valence-electron chi connectivity index (χ4n) is 3.95. The molecular weight excluding hydrogens is 338 g/mol. The molecule has 1 aromatic carbocycles. The van der Waals surface area contributed by atoms with E-state index in [1.165, 1.54) is 25.7 Å². The molecule has 0 saturated heterocycles. The molecule has 0 radical (unpaired) electrons. The van der Waals surface area contributed by atoms with Gasteiger partial charge in [0.05, 0.1) is 5.56 Å². The zero-order valence-electron chi connectivity index (χ0n) is 16.7. The molecule has 1 saturated carbocycles. The Morgan fingerprint density at radius 3 is 2.67 bits per heavy atom. The van der Waals surface area contributed by atoms with Gasteiger partial charge < -0.3 is 14.8 Å². The van der Waals surface area contributed by atoms with Crippen molar-refractivity contribution in [2.75, 3.05) is 19.0 Å². The van der Waals surface area contributed by atoms with Crippen LogP contribution in [0.1, 0.15) is 56.3 Å². The number of benzene rings is 1. The minimum atomic E-state index is -0.548. The number of methoxy groups -OCH3 is 1. The van der Waals surface area contributed by atoms with Crippen molar-refractivity contribution in [2.24, 2.45) is 11.8 Å². The molecule has 27 heavy (non-hydrogen) atoms. The van der Waals surface area contributed by atoms with Crippen LogP contribution < -0.4 is 5.32 Å². The number of nitrogens with one attached hydrogen (secondary N) is 1. The molecule has 0 aromatic heterocycles. The van der Waals surface area contributed by atoms with E-state index in [2.05, 4.69) is 18.0 Å². The van der Waals surface area contributed by atoms with Crippen LogP contribution >= 0.6 is 0 Å². The van der Waals surface area contributed by atoms with Crippen LogP contribution in [-0.2, 0) is 9.47 Å². The van der Waals surface area contributed by atoms with E-state index in [1.807, 2.05) is 26.0 Å². The highest BCUT2D eigenvalue weighted by Gasteiger charge is 2.34. The molecule has 146 valence electrons. The van der Waals surface area contributed by atoms with Crippen LogP contribution in [0.15, 0.2) is 48.2 Å². The van der Waals surface area contributed by atoms with Gasteiger partial charge in [0.25, 0.3) is 0 Å². The van der Waals surface area contributed by atoms with E-state index < -0.39 is 5.60 Å². The molecule has 3 rings (SSSR count). The first-order valence-electron chi connectivity index (χ1n) is 9.87. The molecule has 1 aromatic rings. The van der Waals surface area contributed by atoms with Gasteiger partial charge in [-0.1, -0.05) is 18.2 Å². The quantitative estimate of drug-likeness (QED) is 0.497. The Morgan fingerprint density at radius 2 is 2.04 bits per heavy atom. The molecule has 0 spiro atoms. The first kappa shape index (κ1) is 19.7. The van der Waals surface area contributed by atoms with E-state index in [4.69, 9.17) is 9.47 Å².